The Morgan fingerprint density at radius 2 is 2.20 bits per heavy atom. The molecule has 0 radical (unpaired) electrons. The second-order valence-electron chi connectivity index (χ2n) is 3.73. The smallest absolute Gasteiger partial charge is 0.224 e. The van der Waals surface area contributed by atoms with E-state index in [0.717, 1.165) is 0 Å². The summed E-state index contributed by atoms with van der Waals surface area (Å²) >= 11 is 7.33. The van der Waals surface area contributed by atoms with Gasteiger partial charge in [-0.1, -0.05) is 6.92 Å². The van der Waals surface area contributed by atoms with Crippen molar-refractivity contribution in [3.05, 3.63) is 21.9 Å². The first-order chi connectivity index (χ1) is 7.04. The molecule has 1 amide bonds. The number of alkyl halides is 1. The molecule has 1 N–H and O–H groups in total. The van der Waals surface area contributed by atoms with Crippen molar-refractivity contribution >= 4 is 28.8 Å². The van der Waals surface area contributed by atoms with Crippen molar-refractivity contribution in [3.63, 3.8) is 0 Å². The molecule has 0 bridgehead atoms. The zero-order valence-corrected chi connectivity index (χ0v) is 10.8. The molecule has 84 valence electrons. The Kier molecular flexibility index (Phi) is 4.61. The highest BCUT2D eigenvalue weighted by Crippen LogP contribution is 2.22. The van der Waals surface area contributed by atoms with Crippen LogP contribution in [0.25, 0.3) is 0 Å². The number of carbonyl (C=O) groups excluding carboxylic acids is 1. The molecule has 0 spiro atoms. The predicted octanol–water partition coefficient (Wildman–Crippen LogP) is 3.11. The van der Waals surface area contributed by atoms with Crippen LogP contribution in [0.1, 0.15) is 29.6 Å². The van der Waals surface area contributed by atoms with Crippen molar-refractivity contribution in [1.82, 2.24) is 5.32 Å². The van der Waals surface area contributed by atoms with Gasteiger partial charge in [-0.05, 0) is 26.0 Å². The van der Waals surface area contributed by atoms with Gasteiger partial charge in [0.2, 0.25) is 5.91 Å². The number of hydrogen-bond acceptors (Lipinski definition) is 2. The number of aryl methyl sites for hydroxylation is 1. The van der Waals surface area contributed by atoms with Gasteiger partial charge in [-0.3, -0.25) is 4.79 Å². The first-order valence-electron chi connectivity index (χ1n) is 4.97. The highest BCUT2D eigenvalue weighted by Gasteiger charge is 2.15. The number of carbonyl (C=O) groups is 1. The maximum absolute atomic E-state index is 11.6. The number of rotatable bonds is 4. The normalized spacial score (nSPS) is 14.7. The van der Waals surface area contributed by atoms with Gasteiger partial charge in [0.15, 0.2) is 0 Å². The molecule has 0 aliphatic carbocycles. The average molecular weight is 246 g/mol. The summed E-state index contributed by atoms with van der Waals surface area (Å²) in [6.45, 7) is 5.88. The first-order valence-corrected chi connectivity index (χ1v) is 6.32. The Labute approximate surface area is 99.6 Å². The lowest BCUT2D eigenvalue weighted by Gasteiger charge is -2.14. The van der Waals surface area contributed by atoms with Gasteiger partial charge in [0, 0.05) is 21.6 Å². The maximum atomic E-state index is 11.6. The van der Waals surface area contributed by atoms with E-state index in [1.165, 1.54) is 9.75 Å². The number of hydrogen-bond donors (Lipinski definition) is 1. The standard InChI is InChI=1S/C11H16ClNOS/c1-7(6-12)11(14)13-9(3)10-5-4-8(2)15-10/h4-5,7,9H,6H2,1-3H3,(H,13,14). The zero-order chi connectivity index (χ0) is 11.4. The number of thiophene rings is 1. The van der Waals surface area contributed by atoms with E-state index >= 15 is 0 Å². The number of halogens is 1. The van der Waals surface area contributed by atoms with Crippen LogP contribution in [-0.4, -0.2) is 11.8 Å². The van der Waals surface area contributed by atoms with E-state index in [1.54, 1.807) is 11.3 Å². The van der Waals surface area contributed by atoms with Crippen LogP contribution in [0.4, 0.5) is 0 Å². The van der Waals surface area contributed by atoms with Crippen LogP contribution >= 0.6 is 22.9 Å². The highest BCUT2D eigenvalue weighted by atomic mass is 35.5. The Hall–Kier alpha value is -0.540. The fourth-order valence-corrected chi connectivity index (χ4v) is 2.20. The summed E-state index contributed by atoms with van der Waals surface area (Å²) in [6.07, 6.45) is 0. The Bertz CT molecular complexity index is 337. The third kappa shape index (κ3) is 3.50. The lowest BCUT2D eigenvalue weighted by atomic mass is 10.2. The molecule has 0 aliphatic heterocycles. The predicted molar refractivity (Wildman–Crippen MR) is 65.5 cm³/mol. The molecule has 0 saturated carbocycles. The maximum Gasteiger partial charge on any atom is 0.224 e. The minimum absolute atomic E-state index is 0.0172. The van der Waals surface area contributed by atoms with Crippen LogP contribution < -0.4 is 5.32 Å². The minimum atomic E-state index is -0.129. The Balaban J connectivity index is 2.56. The SMILES string of the molecule is Cc1ccc(C(C)NC(=O)C(C)CCl)s1. The quantitative estimate of drug-likeness (QED) is 0.812. The topological polar surface area (TPSA) is 29.1 Å². The summed E-state index contributed by atoms with van der Waals surface area (Å²) in [7, 11) is 0. The van der Waals surface area contributed by atoms with E-state index in [2.05, 4.69) is 24.4 Å². The monoisotopic (exact) mass is 245 g/mol. The lowest BCUT2D eigenvalue weighted by molar-refractivity contribution is -0.124. The van der Waals surface area contributed by atoms with Gasteiger partial charge in [0.25, 0.3) is 0 Å². The van der Waals surface area contributed by atoms with Crippen molar-refractivity contribution in [2.45, 2.75) is 26.8 Å². The molecule has 15 heavy (non-hydrogen) atoms. The van der Waals surface area contributed by atoms with Gasteiger partial charge >= 0.3 is 0 Å². The van der Waals surface area contributed by atoms with Crippen LogP contribution in [0.15, 0.2) is 12.1 Å². The van der Waals surface area contributed by atoms with Crippen molar-refractivity contribution in [2.24, 2.45) is 5.92 Å². The second-order valence-corrected chi connectivity index (χ2v) is 5.36. The third-order valence-electron chi connectivity index (χ3n) is 2.23. The van der Waals surface area contributed by atoms with Crippen molar-refractivity contribution in [2.75, 3.05) is 5.88 Å². The zero-order valence-electron chi connectivity index (χ0n) is 9.21. The van der Waals surface area contributed by atoms with Crippen LogP contribution in [0.5, 0.6) is 0 Å². The molecule has 0 aromatic carbocycles. The largest absolute Gasteiger partial charge is 0.349 e. The van der Waals surface area contributed by atoms with Crippen LogP contribution in [0.3, 0.4) is 0 Å². The fraction of sp³-hybridized carbons (Fsp3) is 0.545. The van der Waals surface area contributed by atoms with Crippen LogP contribution in [0.2, 0.25) is 0 Å². The van der Waals surface area contributed by atoms with Crippen molar-refractivity contribution < 1.29 is 4.79 Å². The van der Waals surface area contributed by atoms with Gasteiger partial charge in [0.1, 0.15) is 0 Å². The van der Waals surface area contributed by atoms with E-state index < -0.39 is 0 Å². The van der Waals surface area contributed by atoms with Crippen LogP contribution in [-0.2, 0) is 4.79 Å². The van der Waals surface area contributed by atoms with Gasteiger partial charge in [-0.15, -0.1) is 22.9 Å². The molecule has 0 saturated heterocycles. The Morgan fingerprint density at radius 1 is 1.53 bits per heavy atom. The average Bonchev–Trinajstić information content (AvgIpc) is 2.63. The van der Waals surface area contributed by atoms with Crippen LogP contribution in [0, 0.1) is 12.8 Å². The van der Waals surface area contributed by atoms with E-state index in [1.807, 2.05) is 13.8 Å². The molecule has 1 aromatic heterocycles. The molecule has 2 nitrogen and oxygen atoms in total. The van der Waals surface area contributed by atoms with Gasteiger partial charge < -0.3 is 5.32 Å². The third-order valence-corrected chi connectivity index (χ3v) is 3.87. The summed E-state index contributed by atoms with van der Waals surface area (Å²) in [4.78, 5) is 14.0. The molecular formula is C11H16ClNOS. The second kappa shape index (κ2) is 5.52. The van der Waals surface area contributed by atoms with Crippen molar-refractivity contribution in [1.29, 1.82) is 0 Å². The molecule has 0 aliphatic rings. The molecule has 2 atom stereocenters. The Morgan fingerprint density at radius 3 is 2.67 bits per heavy atom. The van der Waals surface area contributed by atoms with Gasteiger partial charge in [0.05, 0.1) is 6.04 Å². The summed E-state index contributed by atoms with van der Waals surface area (Å²) in [5.41, 5.74) is 0. The van der Waals surface area contributed by atoms with E-state index in [0.29, 0.717) is 5.88 Å². The molecular weight excluding hydrogens is 230 g/mol. The minimum Gasteiger partial charge on any atom is -0.349 e. The lowest BCUT2D eigenvalue weighted by Crippen LogP contribution is -2.31. The van der Waals surface area contributed by atoms with E-state index in [4.69, 9.17) is 11.6 Å². The molecule has 1 aromatic rings. The molecule has 2 unspecified atom stereocenters. The summed E-state index contributed by atoms with van der Waals surface area (Å²) < 4.78 is 0. The number of nitrogens with one attached hydrogen (secondary N) is 1. The summed E-state index contributed by atoms with van der Waals surface area (Å²) in [6, 6.07) is 4.19. The fourth-order valence-electron chi connectivity index (χ4n) is 1.18. The first kappa shape index (κ1) is 12.5. The highest BCUT2D eigenvalue weighted by molar-refractivity contribution is 7.12. The van der Waals surface area contributed by atoms with Gasteiger partial charge in [-0.25, -0.2) is 0 Å². The summed E-state index contributed by atoms with van der Waals surface area (Å²) in [5.74, 6) is 0.251. The molecule has 0 fully saturated rings. The van der Waals surface area contributed by atoms with Gasteiger partial charge in [-0.2, -0.15) is 0 Å². The van der Waals surface area contributed by atoms with Crippen molar-refractivity contribution in [3.8, 4) is 0 Å². The molecule has 4 heteroatoms. The summed E-state index contributed by atoms with van der Waals surface area (Å²) in [5, 5.41) is 2.95. The number of amides is 1. The molecule has 1 rings (SSSR count). The molecule has 1 heterocycles. The van der Waals surface area contributed by atoms with E-state index in [-0.39, 0.29) is 17.9 Å². The van der Waals surface area contributed by atoms with E-state index in [9.17, 15) is 4.79 Å².